The number of ketones is 1. The van der Waals surface area contributed by atoms with E-state index >= 15 is 0 Å². The third kappa shape index (κ3) is 2.93. The second-order valence-electron chi connectivity index (χ2n) is 9.22. The molecule has 0 amide bonds. The Bertz CT molecular complexity index is 951. The van der Waals surface area contributed by atoms with Crippen molar-refractivity contribution in [2.24, 2.45) is 10.8 Å². The van der Waals surface area contributed by atoms with Gasteiger partial charge in [-0.3, -0.25) is 4.79 Å². The van der Waals surface area contributed by atoms with E-state index in [9.17, 15) is 4.79 Å². The average molecular weight is 423 g/mol. The van der Waals surface area contributed by atoms with Crippen molar-refractivity contribution in [1.29, 1.82) is 0 Å². The van der Waals surface area contributed by atoms with Crippen LogP contribution in [0, 0.1) is 10.8 Å². The largest absolute Gasteiger partial charge is 0.497 e. The van der Waals surface area contributed by atoms with Crippen LogP contribution < -0.4 is 18.9 Å². The molecule has 0 aromatic heterocycles. The number of hydrogen-bond donors (Lipinski definition) is 0. The lowest BCUT2D eigenvalue weighted by Crippen LogP contribution is -2.33. The maximum atomic E-state index is 14.0. The van der Waals surface area contributed by atoms with Crippen molar-refractivity contribution >= 4 is 5.78 Å². The van der Waals surface area contributed by atoms with Crippen LogP contribution in [-0.4, -0.2) is 34.2 Å². The molecule has 0 N–H and O–H groups in total. The van der Waals surface area contributed by atoms with Gasteiger partial charge < -0.3 is 18.9 Å². The predicted molar refractivity (Wildman–Crippen MR) is 118 cm³/mol. The van der Waals surface area contributed by atoms with Gasteiger partial charge in [0.25, 0.3) is 0 Å². The summed E-state index contributed by atoms with van der Waals surface area (Å²) in [6.45, 7) is 0. The number of rotatable bonds is 6. The van der Waals surface area contributed by atoms with Gasteiger partial charge in [0.1, 0.15) is 28.8 Å². The van der Waals surface area contributed by atoms with Crippen LogP contribution in [0.3, 0.4) is 0 Å². The molecule has 2 aromatic carbocycles. The number of ether oxygens (including phenoxy) is 4. The molecule has 2 spiro atoms. The molecule has 0 aliphatic heterocycles. The summed E-state index contributed by atoms with van der Waals surface area (Å²) in [7, 11) is 6.68. The van der Waals surface area contributed by atoms with E-state index in [1.54, 1.807) is 28.4 Å². The van der Waals surface area contributed by atoms with Gasteiger partial charge in [-0.15, -0.1) is 0 Å². The average Bonchev–Trinajstić information content (AvgIpc) is 3.72. The van der Waals surface area contributed by atoms with Gasteiger partial charge in [0.2, 0.25) is 0 Å². The molecule has 0 heterocycles. The van der Waals surface area contributed by atoms with E-state index in [-0.39, 0.29) is 22.7 Å². The molecule has 3 saturated carbocycles. The molecule has 3 fully saturated rings. The van der Waals surface area contributed by atoms with Gasteiger partial charge in [-0.1, -0.05) is 18.6 Å². The molecule has 164 valence electrons. The lowest BCUT2D eigenvalue weighted by atomic mass is 9.71. The Morgan fingerprint density at radius 2 is 1.16 bits per heavy atom. The molecule has 4 atom stereocenters. The van der Waals surface area contributed by atoms with Crippen molar-refractivity contribution in [2.45, 2.75) is 43.9 Å². The van der Waals surface area contributed by atoms with Crippen LogP contribution >= 0.6 is 0 Å². The normalized spacial score (nSPS) is 30.9. The predicted octanol–water partition coefficient (Wildman–Crippen LogP) is 5.12. The van der Waals surface area contributed by atoms with Crippen molar-refractivity contribution < 1.29 is 23.7 Å². The maximum Gasteiger partial charge on any atom is 0.146 e. The second kappa shape index (κ2) is 7.18. The molecule has 3 aliphatic carbocycles. The Hall–Kier alpha value is -2.69. The summed E-state index contributed by atoms with van der Waals surface area (Å²) in [5.74, 6) is 4.10. The summed E-state index contributed by atoms with van der Waals surface area (Å²) in [6.07, 6.45) is 4.88. The first kappa shape index (κ1) is 20.2. The summed E-state index contributed by atoms with van der Waals surface area (Å²) in [4.78, 5) is 14.0. The molecule has 5 nitrogen and oxygen atoms in total. The highest BCUT2D eigenvalue weighted by Gasteiger charge is 2.73. The highest BCUT2D eigenvalue weighted by molar-refractivity contribution is 5.98. The number of benzene rings is 2. The second-order valence-corrected chi connectivity index (χ2v) is 9.22. The fourth-order valence-corrected chi connectivity index (χ4v) is 6.14. The molecule has 0 radical (unpaired) electrons. The Labute approximate surface area is 183 Å². The molecule has 0 unspecified atom stereocenters. The van der Waals surface area contributed by atoms with Crippen LogP contribution in [0.1, 0.15) is 55.1 Å². The number of methoxy groups -OCH3 is 4. The van der Waals surface area contributed by atoms with Crippen molar-refractivity contribution in [3.63, 3.8) is 0 Å². The van der Waals surface area contributed by atoms with Gasteiger partial charge in [0.05, 0.1) is 28.4 Å². The van der Waals surface area contributed by atoms with E-state index in [1.165, 1.54) is 0 Å². The van der Waals surface area contributed by atoms with Crippen molar-refractivity contribution in [3.05, 3.63) is 47.5 Å². The van der Waals surface area contributed by atoms with E-state index in [4.69, 9.17) is 18.9 Å². The molecule has 0 saturated heterocycles. The minimum absolute atomic E-state index is 0.233. The van der Waals surface area contributed by atoms with Gasteiger partial charge in [-0.05, 0) is 48.9 Å². The van der Waals surface area contributed by atoms with E-state index in [0.29, 0.717) is 5.78 Å². The Morgan fingerprint density at radius 1 is 0.710 bits per heavy atom. The Balaban J connectivity index is 1.43. The topological polar surface area (TPSA) is 54.0 Å². The third-order valence-corrected chi connectivity index (χ3v) is 7.93. The fraction of sp³-hybridized carbons (Fsp3) is 0.500. The minimum Gasteiger partial charge on any atom is -0.497 e. The van der Waals surface area contributed by atoms with Crippen LogP contribution in [0.15, 0.2) is 36.4 Å². The number of carbonyl (C=O) groups is 1. The molecule has 2 aromatic rings. The lowest BCUT2D eigenvalue weighted by Gasteiger charge is -2.30. The molecular formula is C26H30O5. The van der Waals surface area contributed by atoms with Crippen LogP contribution in [0.2, 0.25) is 0 Å². The zero-order valence-electron chi connectivity index (χ0n) is 18.7. The first-order valence-electron chi connectivity index (χ1n) is 11.0. The quantitative estimate of drug-likeness (QED) is 0.647. The van der Waals surface area contributed by atoms with Crippen molar-refractivity contribution in [2.75, 3.05) is 28.4 Å². The van der Waals surface area contributed by atoms with Gasteiger partial charge >= 0.3 is 0 Å². The van der Waals surface area contributed by atoms with Gasteiger partial charge in [0, 0.05) is 34.8 Å². The summed E-state index contributed by atoms with van der Waals surface area (Å²) < 4.78 is 22.0. The van der Waals surface area contributed by atoms with Crippen LogP contribution in [-0.2, 0) is 4.79 Å². The number of hydrogen-bond acceptors (Lipinski definition) is 5. The van der Waals surface area contributed by atoms with Gasteiger partial charge in [-0.2, -0.15) is 0 Å². The van der Waals surface area contributed by atoms with E-state index < -0.39 is 0 Å². The summed E-state index contributed by atoms with van der Waals surface area (Å²) in [6, 6.07) is 11.9. The highest BCUT2D eigenvalue weighted by atomic mass is 16.5. The summed E-state index contributed by atoms with van der Waals surface area (Å²) >= 11 is 0. The van der Waals surface area contributed by atoms with Crippen molar-refractivity contribution in [1.82, 2.24) is 0 Å². The summed E-state index contributed by atoms with van der Waals surface area (Å²) in [5.41, 5.74) is 1.78. The number of Topliss-reactive ketones (excluding diaryl/α,β-unsaturated/α-hetero) is 1. The highest BCUT2D eigenvalue weighted by Crippen LogP contribution is 2.76. The van der Waals surface area contributed by atoms with E-state index in [2.05, 4.69) is 12.1 Å². The van der Waals surface area contributed by atoms with Crippen LogP contribution in [0.5, 0.6) is 23.0 Å². The third-order valence-electron chi connectivity index (χ3n) is 7.93. The van der Waals surface area contributed by atoms with Gasteiger partial charge in [-0.25, -0.2) is 0 Å². The SMILES string of the molecule is COc1ccc([C@@H]2C[C@]23CCC[C@@]2(C[C@H]2c2ccc(OC)cc2OC)C3=O)c(OC)c1. The minimum atomic E-state index is -0.241. The zero-order chi connectivity index (χ0) is 21.8. The fourth-order valence-electron chi connectivity index (χ4n) is 6.14. The van der Waals surface area contributed by atoms with Crippen LogP contribution in [0.25, 0.3) is 0 Å². The summed E-state index contributed by atoms with van der Waals surface area (Å²) in [5, 5.41) is 0. The monoisotopic (exact) mass is 422 g/mol. The Kier molecular flexibility index (Phi) is 4.68. The van der Waals surface area contributed by atoms with Crippen LogP contribution in [0.4, 0.5) is 0 Å². The standard InChI is InChI=1S/C26H30O5/c1-28-16-6-8-18(22(12-16)30-3)20-14-25(20)10-5-11-26(24(25)27)15-21(26)19-9-7-17(29-2)13-23(19)31-4/h6-9,12-13,20-21H,5,10-11,14-15H2,1-4H3/t20-,21-,25-,26+/m0/s1. The molecule has 5 rings (SSSR count). The molecule has 3 aliphatic rings. The first-order chi connectivity index (χ1) is 15.0. The smallest absolute Gasteiger partial charge is 0.146 e. The van der Waals surface area contributed by atoms with E-state index in [1.807, 2.05) is 24.3 Å². The lowest BCUT2D eigenvalue weighted by molar-refractivity contribution is -0.132. The van der Waals surface area contributed by atoms with E-state index in [0.717, 1.165) is 66.2 Å². The number of carbonyl (C=O) groups excluding carboxylic acids is 1. The molecule has 5 heteroatoms. The zero-order valence-corrected chi connectivity index (χ0v) is 18.7. The molecular weight excluding hydrogens is 392 g/mol. The molecule has 0 bridgehead atoms. The molecule has 31 heavy (non-hydrogen) atoms. The van der Waals surface area contributed by atoms with Crippen molar-refractivity contribution in [3.8, 4) is 23.0 Å². The van der Waals surface area contributed by atoms with Gasteiger partial charge in [0.15, 0.2) is 0 Å². The first-order valence-corrected chi connectivity index (χ1v) is 11.0. The maximum absolute atomic E-state index is 14.0. The Morgan fingerprint density at radius 3 is 1.55 bits per heavy atom.